The van der Waals surface area contributed by atoms with Crippen molar-refractivity contribution in [1.29, 1.82) is 0 Å². The highest BCUT2D eigenvalue weighted by Crippen LogP contribution is 2.40. The lowest BCUT2D eigenvalue weighted by Crippen LogP contribution is -2.00. The van der Waals surface area contributed by atoms with Crippen molar-refractivity contribution in [2.45, 2.75) is 0 Å². The Labute approximate surface area is 767 Å². The van der Waals surface area contributed by atoms with E-state index in [1.807, 2.05) is 103 Å². The van der Waals surface area contributed by atoms with E-state index in [9.17, 15) is 0 Å². The Morgan fingerprint density at radius 1 is 0.0758 bits per heavy atom. The van der Waals surface area contributed by atoms with Gasteiger partial charge in [0.05, 0.1) is 22.8 Å². The van der Waals surface area contributed by atoms with Gasteiger partial charge in [0.25, 0.3) is 0 Å². The Kier molecular flexibility index (Phi) is 23.2. The largest absolute Gasteiger partial charge is 0.228 e. The van der Waals surface area contributed by atoms with E-state index in [0.29, 0.717) is 46.6 Å². The molecule has 0 saturated heterocycles. The van der Waals surface area contributed by atoms with Gasteiger partial charge in [0.2, 0.25) is 0 Å². The van der Waals surface area contributed by atoms with Crippen LogP contribution in [-0.4, -0.2) is 49.8 Å². The molecule has 0 aliphatic carbocycles. The Balaban J connectivity index is 0.000000159. The molecule has 10 heteroatoms. The molecule has 0 unspecified atom stereocenters. The molecule has 4 heterocycles. The molecule has 4 aromatic heterocycles. The summed E-state index contributed by atoms with van der Waals surface area (Å²) in [5.41, 5.74) is 32.7. The van der Waals surface area contributed by atoms with Crippen LogP contribution in [0.2, 0.25) is 0 Å². The minimum atomic E-state index is 0.603. The lowest BCUT2D eigenvalue weighted by molar-refractivity contribution is 1.07. The number of nitrogens with zero attached hydrogens (tertiary/aromatic N) is 10. The van der Waals surface area contributed by atoms with Gasteiger partial charge in [-0.2, -0.15) is 0 Å². The minimum Gasteiger partial charge on any atom is -0.228 e. The van der Waals surface area contributed by atoms with Gasteiger partial charge >= 0.3 is 0 Å². The number of hydrogen-bond donors (Lipinski definition) is 0. The van der Waals surface area contributed by atoms with Gasteiger partial charge in [-0.3, -0.25) is 0 Å². The van der Waals surface area contributed by atoms with Crippen molar-refractivity contribution >= 4 is 0 Å². The topological polar surface area (TPSA) is 129 Å². The molecule has 0 saturated carbocycles. The molecule has 0 N–H and O–H groups in total. The van der Waals surface area contributed by atoms with Crippen LogP contribution in [0.25, 0.3) is 225 Å². The van der Waals surface area contributed by atoms with E-state index in [2.05, 4.69) is 394 Å². The Morgan fingerprint density at radius 2 is 0.212 bits per heavy atom. The first-order valence-corrected chi connectivity index (χ1v) is 44.1. The maximum Gasteiger partial charge on any atom is 0.164 e. The zero-order valence-electron chi connectivity index (χ0n) is 71.8. The molecule has 0 amide bonds. The van der Waals surface area contributed by atoms with Crippen LogP contribution in [0, 0.1) is 0 Å². The van der Waals surface area contributed by atoms with Crippen molar-refractivity contribution in [3.8, 4) is 225 Å². The first kappa shape index (κ1) is 81.2. The van der Waals surface area contributed by atoms with Gasteiger partial charge in [0.1, 0.15) is 0 Å². The molecule has 0 aliphatic heterocycles. The zero-order valence-corrected chi connectivity index (χ0v) is 71.8. The minimum absolute atomic E-state index is 0.603. The highest BCUT2D eigenvalue weighted by molar-refractivity contribution is 5.85. The van der Waals surface area contributed by atoms with Crippen LogP contribution in [0.3, 0.4) is 0 Å². The second kappa shape index (κ2) is 37.7. The van der Waals surface area contributed by atoms with E-state index in [1.165, 1.54) is 5.56 Å². The maximum absolute atomic E-state index is 5.28. The van der Waals surface area contributed by atoms with Crippen LogP contribution >= 0.6 is 0 Å². The second-order valence-electron chi connectivity index (χ2n) is 32.3. The fourth-order valence-corrected chi connectivity index (χ4v) is 16.6. The van der Waals surface area contributed by atoms with Crippen molar-refractivity contribution < 1.29 is 0 Å². The zero-order chi connectivity index (χ0) is 88.1. The summed E-state index contributed by atoms with van der Waals surface area (Å²) in [5.74, 6) is 5.03. The van der Waals surface area contributed by atoms with Crippen molar-refractivity contribution in [2.24, 2.45) is 0 Å². The highest BCUT2D eigenvalue weighted by atomic mass is 15.0. The third-order valence-corrected chi connectivity index (χ3v) is 23.5. The lowest BCUT2D eigenvalue weighted by Gasteiger charge is -2.13. The molecular formula is C122H82N10. The van der Waals surface area contributed by atoms with Crippen LogP contribution in [-0.2, 0) is 0 Å². The number of aromatic nitrogens is 10. The molecule has 0 radical (unpaired) electrons. The molecule has 0 atom stereocenters. The summed E-state index contributed by atoms with van der Waals surface area (Å²) in [7, 11) is 0. The fraction of sp³-hybridized carbons (Fsp3) is 0. The molecule has 0 spiro atoms. The summed E-state index contributed by atoms with van der Waals surface area (Å²) < 4.78 is 0. The SMILES string of the molecule is c1ccc(-c2cc(-c3ccccc3)cc(-c3nc(-c4ccccc4)cc(-c4ccc(-c5cccc(-c6nc(-c7ccccc7)nc(-c7cccc(-c8ccccc8)c7)n6)c5)cc4)n3)c2)cc1.c1ccc(-c2ccc(-c3cc(-c4ccc(-c5cccc(-c6nc(-c7ccc(-c8ccccc8)cc7)nc(-c7ccc(-c8ccccc8)cc7)n6)c5)cc4)nc(-c4ccccc4)n3)cc2)cc1. The van der Waals surface area contributed by atoms with Crippen LogP contribution in [0.5, 0.6) is 0 Å². The van der Waals surface area contributed by atoms with Crippen LogP contribution in [0.15, 0.2) is 497 Å². The standard InChI is InChI=1S/2C61H41N5/c1-6-18-42(19-7-1)49-28-16-30-51(36-49)59-64-58(48-26-14-5-15-27-48)65-60(66-59)52-31-17-29-50(37-52)45-32-34-47(35-33-45)57-41-56(46-24-12-4-13-25-46)62-61(63-57)55-39-53(43-20-8-2-9-21-43)38-54(40-55)44-22-10-3-11-23-44;1-5-14-42(15-6-1)45-24-32-49(33-25-45)56-41-57(63-58(62-56)51-20-11-4-12-21-51)50-34-26-48(27-35-50)54-22-13-23-55(40-54)61-65-59(52-36-28-46(29-37-52)43-16-7-2-8-17-43)64-60(66-61)53-38-30-47(31-39-53)44-18-9-3-10-19-44/h2*1-41H. The van der Waals surface area contributed by atoms with Crippen LogP contribution in [0.4, 0.5) is 0 Å². The van der Waals surface area contributed by atoms with Crippen molar-refractivity contribution in [1.82, 2.24) is 49.8 Å². The number of benzene rings is 18. The van der Waals surface area contributed by atoms with Gasteiger partial charge in [-0.15, -0.1) is 0 Å². The van der Waals surface area contributed by atoms with Gasteiger partial charge in [0.15, 0.2) is 46.6 Å². The van der Waals surface area contributed by atoms with E-state index in [0.717, 1.165) is 173 Å². The van der Waals surface area contributed by atoms with Gasteiger partial charge in [0, 0.05) is 66.8 Å². The van der Waals surface area contributed by atoms with Crippen molar-refractivity contribution in [3.05, 3.63) is 497 Å². The highest BCUT2D eigenvalue weighted by Gasteiger charge is 2.21. The van der Waals surface area contributed by atoms with Crippen LogP contribution in [0.1, 0.15) is 0 Å². The second-order valence-corrected chi connectivity index (χ2v) is 32.3. The molecule has 0 aliphatic rings. The molecule has 132 heavy (non-hydrogen) atoms. The summed E-state index contributed by atoms with van der Waals surface area (Å²) in [5, 5.41) is 0. The molecule has 22 rings (SSSR count). The predicted molar refractivity (Wildman–Crippen MR) is 540 cm³/mol. The molecule has 0 bridgehead atoms. The predicted octanol–water partition coefficient (Wildman–Crippen LogP) is 30.7. The van der Waals surface area contributed by atoms with Crippen molar-refractivity contribution in [3.63, 3.8) is 0 Å². The third-order valence-electron chi connectivity index (χ3n) is 23.5. The normalized spacial score (nSPS) is 11.0. The number of rotatable bonds is 20. The van der Waals surface area contributed by atoms with Gasteiger partial charge in [-0.25, -0.2) is 49.8 Å². The van der Waals surface area contributed by atoms with Gasteiger partial charge in [-0.05, 0) is 138 Å². The van der Waals surface area contributed by atoms with E-state index in [4.69, 9.17) is 49.8 Å². The van der Waals surface area contributed by atoms with Crippen molar-refractivity contribution in [2.75, 3.05) is 0 Å². The average molecular weight is 1690 g/mol. The van der Waals surface area contributed by atoms with Crippen LogP contribution < -0.4 is 0 Å². The summed E-state index contributed by atoms with van der Waals surface area (Å²) in [6.45, 7) is 0. The average Bonchev–Trinajstić information content (AvgIpc) is 0.761. The molecule has 620 valence electrons. The summed E-state index contributed by atoms with van der Waals surface area (Å²) in [6, 6.07) is 172. The molecule has 0 fully saturated rings. The number of hydrogen-bond acceptors (Lipinski definition) is 10. The summed E-state index contributed by atoms with van der Waals surface area (Å²) >= 11 is 0. The first-order chi connectivity index (χ1) is 65.3. The van der Waals surface area contributed by atoms with Gasteiger partial charge < -0.3 is 0 Å². The monoisotopic (exact) mass is 1690 g/mol. The third kappa shape index (κ3) is 18.4. The van der Waals surface area contributed by atoms with E-state index in [-0.39, 0.29) is 0 Å². The smallest absolute Gasteiger partial charge is 0.164 e. The fourth-order valence-electron chi connectivity index (χ4n) is 16.6. The molecule has 22 aromatic rings. The summed E-state index contributed by atoms with van der Waals surface area (Å²) in [6.07, 6.45) is 0. The maximum atomic E-state index is 5.28. The van der Waals surface area contributed by atoms with Gasteiger partial charge in [-0.1, -0.05) is 449 Å². The van der Waals surface area contributed by atoms with E-state index in [1.54, 1.807) is 0 Å². The Bertz CT molecular complexity index is 7600. The summed E-state index contributed by atoms with van der Waals surface area (Å²) in [4.78, 5) is 51.1. The molecular weight excluding hydrogens is 1610 g/mol. The molecule has 18 aromatic carbocycles. The van der Waals surface area contributed by atoms with E-state index < -0.39 is 0 Å². The molecule has 10 nitrogen and oxygen atoms in total. The first-order valence-electron chi connectivity index (χ1n) is 44.1. The Morgan fingerprint density at radius 3 is 0.477 bits per heavy atom. The lowest BCUT2D eigenvalue weighted by atomic mass is 9.95. The van der Waals surface area contributed by atoms with E-state index >= 15 is 0 Å². The Hall–Kier alpha value is -17.9. The quantitative estimate of drug-likeness (QED) is 0.0727.